The van der Waals surface area contributed by atoms with E-state index in [-0.39, 0.29) is 0 Å². The smallest absolute Gasteiger partial charge is 0.282 e. The lowest BCUT2D eigenvalue weighted by Gasteiger charge is -2.36. The summed E-state index contributed by atoms with van der Waals surface area (Å²) in [4.78, 5) is 0. The zero-order valence-corrected chi connectivity index (χ0v) is 25.2. The summed E-state index contributed by atoms with van der Waals surface area (Å²) in [5.74, 6) is 0. The Morgan fingerprint density at radius 1 is 0.390 bits per heavy atom. The van der Waals surface area contributed by atoms with Gasteiger partial charge in [-0.2, -0.15) is 0 Å². The van der Waals surface area contributed by atoms with Gasteiger partial charge in [0.25, 0.3) is 7.71 Å². The number of para-hydroxylation sites is 1. The Bertz CT molecular complexity index is 1590. The number of nitrogens with zero attached hydrogens (tertiary/aromatic N) is 2. The molecule has 41 heavy (non-hydrogen) atoms. The standard InChI is InChI=1S/C36H30N2P3/c1-7-19-31(20-8-1)38(40(34-25-13-4-14-26-34)35-27-15-5-16-28-35)41(36-29-17-6-18-30-36)37-39(32-21-9-2-10-22-32)33-23-11-3-12-24-33/h1-30H/q+1. The Morgan fingerprint density at radius 3 is 1.15 bits per heavy atom. The molecular formula is C36H30N2P3+. The summed E-state index contributed by atoms with van der Waals surface area (Å²) in [6.45, 7) is 0. The number of hydrogen-bond acceptors (Lipinski definition) is 2. The molecule has 0 saturated carbocycles. The first-order chi connectivity index (χ1) is 20.4. The quantitative estimate of drug-likeness (QED) is 0.156. The van der Waals surface area contributed by atoms with Crippen LogP contribution < -0.4 is 31.0 Å². The highest BCUT2D eigenvalue weighted by Crippen LogP contribution is 2.60. The highest BCUT2D eigenvalue weighted by molar-refractivity contribution is 7.89. The Kier molecular flexibility index (Phi) is 9.06. The maximum atomic E-state index is 5.91. The second-order valence-corrected chi connectivity index (χ2v) is 15.5. The highest BCUT2D eigenvalue weighted by atomic mass is 31.2. The summed E-state index contributed by atoms with van der Waals surface area (Å²) in [5, 5.41) is 6.37. The third-order valence-electron chi connectivity index (χ3n) is 6.52. The average Bonchev–Trinajstić information content (AvgIpc) is 3.07. The predicted octanol–water partition coefficient (Wildman–Crippen LogP) is 8.49. The first-order valence-corrected chi connectivity index (χ1v) is 17.4. The molecule has 6 aromatic carbocycles. The van der Waals surface area contributed by atoms with Crippen LogP contribution in [0.1, 0.15) is 0 Å². The fourth-order valence-corrected chi connectivity index (χ4v) is 13.0. The van der Waals surface area contributed by atoms with Crippen molar-refractivity contribution in [1.82, 2.24) is 0 Å². The van der Waals surface area contributed by atoms with E-state index in [4.69, 9.17) is 4.52 Å². The van der Waals surface area contributed by atoms with Gasteiger partial charge >= 0.3 is 0 Å². The van der Waals surface area contributed by atoms with Gasteiger partial charge in [0.1, 0.15) is 0 Å². The normalized spacial score (nSPS) is 11.5. The van der Waals surface area contributed by atoms with E-state index in [0.717, 1.165) is 0 Å². The zero-order valence-electron chi connectivity index (χ0n) is 22.6. The molecule has 1 atom stereocenters. The van der Waals surface area contributed by atoms with E-state index in [2.05, 4.69) is 186 Å². The molecule has 0 fully saturated rings. The van der Waals surface area contributed by atoms with E-state index >= 15 is 0 Å². The number of benzene rings is 6. The van der Waals surface area contributed by atoms with Crippen LogP contribution in [0.3, 0.4) is 0 Å². The van der Waals surface area contributed by atoms with Crippen LogP contribution in [0.5, 0.6) is 0 Å². The molecule has 198 valence electrons. The lowest BCUT2D eigenvalue weighted by atomic mass is 10.3. The molecule has 0 aliphatic heterocycles. The molecule has 6 aromatic rings. The van der Waals surface area contributed by atoms with Crippen molar-refractivity contribution in [3.63, 3.8) is 0 Å². The number of rotatable bonds is 9. The van der Waals surface area contributed by atoms with Crippen LogP contribution in [0, 0.1) is 0 Å². The summed E-state index contributed by atoms with van der Waals surface area (Å²) in [7, 11) is -3.07. The van der Waals surface area contributed by atoms with Crippen molar-refractivity contribution < 1.29 is 0 Å². The van der Waals surface area contributed by atoms with Crippen LogP contribution in [-0.4, -0.2) is 0 Å². The van der Waals surface area contributed by atoms with Crippen LogP contribution >= 0.6 is 24.0 Å². The van der Waals surface area contributed by atoms with E-state index < -0.39 is 24.0 Å². The van der Waals surface area contributed by atoms with Gasteiger partial charge in [-0.25, -0.2) is 0 Å². The Morgan fingerprint density at radius 2 is 0.732 bits per heavy atom. The molecule has 1 unspecified atom stereocenters. The van der Waals surface area contributed by atoms with Crippen molar-refractivity contribution in [2.75, 3.05) is 4.44 Å². The number of hydrogen-bond donors (Lipinski definition) is 0. The van der Waals surface area contributed by atoms with Crippen LogP contribution in [0.25, 0.3) is 0 Å². The van der Waals surface area contributed by atoms with Crippen LogP contribution in [0.15, 0.2) is 187 Å². The molecule has 2 nitrogen and oxygen atoms in total. The van der Waals surface area contributed by atoms with Crippen molar-refractivity contribution >= 4 is 56.2 Å². The zero-order chi connectivity index (χ0) is 27.7. The van der Waals surface area contributed by atoms with Crippen LogP contribution in [0.2, 0.25) is 0 Å². The van der Waals surface area contributed by atoms with E-state index in [1.165, 1.54) is 32.2 Å². The molecule has 0 aliphatic rings. The molecule has 0 heterocycles. The van der Waals surface area contributed by atoms with E-state index in [9.17, 15) is 0 Å². The van der Waals surface area contributed by atoms with E-state index in [1.54, 1.807) is 0 Å². The molecule has 5 heteroatoms. The molecule has 0 N–H and O–H groups in total. The maximum Gasteiger partial charge on any atom is 0.282 e. The van der Waals surface area contributed by atoms with E-state index in [0.29, 0.717) is 0 Å². The Labute approximate surface area is 246 Å². The van der Waals surface area contributed by atoms with E-state index in [1.807, 2.05) is 0 Å². The molecule has 0 amide bonds. The van der Waals surface area contributed by atoms with Gasteiger partial charge in [0, 0.05) is 21.6 Å². The predicted molar refractivity (Wildman–Crippen MR) is 182 cm³/mol. The second-order valence-electron chi connectivity index (χ2n) is 9.31. The molecule has 0 spiro atoms. The van der Waals surface area contributed by atoms with Crippen molar-refractivity contribution in [3.05, 3.63) is 182 Å². The first-order valence-electron chi connectivity index (χ1n) is 13.6. The Hall–Kier alpha value is -3.92. The third-order valence-corrected chi connectivity index (χ3v) is 14.1. The summed E-state index contributed by atoms with van der Waals surface area (Å²) in [6.07, 6.45) is 0. The minimum absolute atomic E-state index is 0.943. The van der Waals surface area contributed by atoms with Crippen molar-refractivity contribution in [2.24, 2.45) is 4.52 Å². The van der Waals surface area contributed by atoms with Gasteiger partial charge in [0.15, 0.2) is 10.6 Å². The summed E-state index contributed by atoms with van der Waals surface area (Å²) >= 11 is 0. The maximum absolute atomic E-state index is 5.91. The minimum Gasteiger partial charge on any atom is -0.296 e. The van der Waals surface area contributed by atoms with Gasteiger partial charge in [-0.15, -0.1) is 0 Å². The molecule has 6 rings (SSSR count). The molecule has 0 radical (unpaired) electrons. The van der Waals surface area contributed by atoms with Gasteiger partial charge in [0.2, 0.25) is 8.22 Å². The van der Waals surface area contributed by atoms with Crippen molar-refractivity contribution in [2.45, 2.75) is 0 Å². The van der Waals surface area contributed by atoms with Crippen LogP contribution in [0.4, 0.5) is 5.69 Å². The average molecular weight is 584 g/mol. The SMILES string of the molecule is c1ccc(N(P(N=[P+](c2ccccc2)c2ccccc2)c2ccccc2)P(c2ccccc2)c2ccccc2)cc1. The number of anilines is 1. The van der Waals surface area contributed by atoms with Gasteiger partial charge < -0.3 is 0 Å². The minimum atomic E-state index is -1.15. The second kappa shape index (κ2) is 13.6. The lowest BCUT2D eigenvalue weighted by molar-refractivity contribution is 1.55. The largest absolute Gasteiger partial charge is 0.296 e. The first kappa shape index (κ1) is 27.3. The highest BCUT2D eigenvalue weighted by Gasteiger charge is 2.35. The van der Waals surface area contributed by atoms with Gasteiger partial charge in [-0.3, -0.25) is 4.44 Å². The van der Waals surface area contributed by atoms with Gasteiger partial charge in [0.05, 0.1) is 8.07 Å². The summed E-state index contributed by atoms with van der Waals surface area (Å²) in [6, 6.07) is 65.2. The summed E-state index contributed by atoms with van der Waals surface area (Å²) < 4.78 is 8.54. The molecule has 0 bridgehead atoms. The molecule has 0 saturated heterocycles. The Balaban J connectivity index is 1.65. The van der Waals surface area contributed by atoms with Crippen molar-refractivity contribution in [1.29, 1.82) is 0 Å². The molecule has 0 aliphatic carbocycles. The fraction of sp³-hybridized carbons (Fsp3) is 0. The summed E-state index contributed by atoms with van der Waals surface area (Å²) in [5.41, 5.74) is 1.18. The van der Waals surface area contributed by atoms with Gasteiger partial charge in [-0.1, -0.05) is 146 Å². The van der Waals surface area contributed by atoms with Gasteiger partial charge in [-0.05, 0) is 40.9 Å². The van der Waals surface area contributed by atoms with Crippen LogP contribution in [-0.2, 0) is 0 Å². The third kappa shape index (κ3) is 6.53. The monoisotopic (exact) mass is 583 g/mol. The molecular weight excluding hydrogens is 553 g/mol. The topological polar surface area (TPSA) is 15.6 Å². The lowest BCUT2D eigenvalue weighted by Crippen LogP contribution is -2.27. The fourth-order valence-electron chi connectivity index (χ4n) is 4.61. The molecule has 0 aromatic heterocycles. The van der Waals surface area contributed by atoms with Crippen molar-refractivity contribution in [3.8, 4) is 0 Å².